The molecule has 0 aromatic heterocycles. The molecule has 0 spiro atoms. The molecule has 1 aromatic carbocycles. The van der Waals surface area contributed by atoms with Crippen molar-refractivity contribution in [3.05, 3.63) is 23.3 Å². The minimum absolute atomic E-state index is 0.0332. The van der Waals surface area contributed by atoms with Crippen LogP contribution in [-0.4, -0.2) is 25.3 Å². The number of rotatable bonds is 2. The number of methoxy groups -OCH3 is 1. The molecule has 0 unspecified atom stereocenters. The fourth-order valence-corrected chi connectivity index (χ4v) is 2.73. The van der Waals surface area contributed by atoms with Gasteiger partial charge in [-0.1, -0.05) is 26.8 Å². The second-order valence-electron chi connectivity index (χ2n) is 6.39. The SMILES string of the molecule is COc1c(O)cc(C(C)(C)C)cc1C1CCNCC1. The molecule has 0 radical (unpaired) electrons. The Morgan fingerprint density at radius 1 is 1.21 bits per heavy atom. The summed E-state index contributed by atoms with van der Waals surface area (Å²) >= 11 is 0. The Bertz CT molecular complexity index is 443. The van der Waals surface area contributed by atoms with Gasteiger partial charge in [0.25, 0.3) is 0 Å². The van der Waals surface area contributed by atoms with Crippen molar-refractivity contribution in [3.63, 3.8) is 0 Å². The van der Waals surface area contributed by atoms with Crippen LogP contribution in [0, 0.1) is 0 Å². The molecule has 0 saturated carbocycles. The van der Waals surface area contributed by atoms with Crippen LogP contribution < -0.4 is 10.1 Å². The number of ether oxygens (including phenoxy) is 1. The number of phenols is 1. The Kier molecular flexibility index (Phi) is 4.04. The third-order valence-corrected chi connectivity index (χ3v) is 3.95. The van der Waals surface area contributed by atoms with E-state index in [1.165, 1.54) is 5.56 Å². The third-order valence-electron chi connectivity index (χ3n) is 3.95. The average molecular weight is 263 g/mol. The monoisotopic (exact) mass is 263 g/mol. The molecule has 1 fully saturated rings. The van der Waals surface area contributed by atoms with Gasteiger partial charge in [-0.15, -0.1) is 0 Å². The van der Waals surface area contributed by atoms with Crippen molar-refractivity contribution in [1.29, 1.82) is 0 Å². The predicted octanol–water partition coefficient (Wildman–Crippen LogP) is 3.17. The lowest BCUT2D eigenvalue weighted by atomic mass is 9.82. The molecule has 1 saturated heterocycles. The fraction of sp³-hybridized carbons (Fsp3) is 0.625. The van der Waals surface area contributed by atoms with E-state index in [9.17, 15) is 5.11 Å². The molecule has 3 heteroatoms. The van der Waals surface area contributed by atoms with Gasteiger partial charge in [0.05, 0.1) is 7.11 Å². The summed E-state index contributed by atoms with van der Waals surface area (Å²) in [6, 6.07) is 4.05. The molecule has 0 bridgehead atoms. The van der Waals surface area contributed by atoms with Crippen molar-refractivity contribution >= 4 is 0 Å². The van der Waals surface area contributed by atoms with E-state index in [-0.39, 0.29) is 11.2 Å². The summed E-state index contributed by atoms with van der Waals surface area (Å²) in [6.07, 6.45) is 2.20. The van der Waals surface area contributed by atoms with Gasteiger partial charge in [-0.05, 0) is 48.9 Å². The summed E-state index contributed by atoms with van der Waals surface area (Å²) in [7, 11) is 1.64. The van der Waals surface area contributed by atoms with Crippen LogP contribution in [0.5, 0.6) is 11.5 Å². The summed E-state index contributed by atoms with van der Waals surface area (Å²) in [4.78, 5) is 0. The van der Waals surface area contributed by atoms with Crippen molar-refractivity contribution < 1.29 is 9.84 Å². The highest BCUT2D eigenvalue weighted by Gasteiger charge is 2.24. The first-order valence-corrected chi connectivity index (χ1v) is 7.05. The largest absolute Gasteiger partial charge is 0.504 e. The second-order valence-corrected chi connectivity index (χ2v) is 6.39. The molecule has 1 aliphatic heterocycles. The van der Waals surface area contributed by atoms with Crippen molar-refractivity contribution in [3.8, 4) is 11.5 Å². The maximum absolute atomic E-state index is 10.2. The van der Waals surface area contributed by atoms with Crippen LogP contribution in [0.3, 0.4) is 0 Å². The van der Waals surface area contributed by atoms with Gasteiger partial charge in [-0.2, -0.15) is 0 Å². The van der Waals surface area contributed by atoms with Gasteiger partial charge in [0.15, 0.2) is 11.5 Å². The number of benzene rings is 1. The number of hydrogen-bond donors (Lipinski definition) is 2. The third kappa shape index (κ3) is 3.03. The van der Waals surface area contributed by atoms with Crippen molar-refractivity contribution in [2.45, 2.75) is 44.9 Å². The van der Waals surface area contributed by atoms with Crippen LogP contribution in [0.4, 0.5) is 0 Å². The maximum Gasteiger partial charge on any atom is 0.163 e. The van der Waals surface area contributed by atoms with E-state index in [4.69, 9.17) is 4.74 Å². The van der Waals surface area contributed by atoms with Gasteiger partial charge in [-0.25, -0.2) is 0 Å². The number of phenolic OH excluding ortho intramolecular Hbond substituents is 1. The van der Waals surface area contributed by atoms with Gasteiger partial charge in [0, 0.05) is 5.56 Å². The minimum Gasteiger partial charge on any atom is -0.504 e. The number of piperidine rings is 1. The molecule has 2 N–H and O–H groups in total. The summed E-state index contributed by atoms with van der Waals surface area (Å²) in [5.41, 5.74) is 2.36. The molecule has 106 valence electrons. The molecule has 1 aliphatic rings. The minimum atomic E-state index is 0.0332. The Morgan fingerprint density at radius 2 is 1.84 bits per heavy atom. The average Bonchev–Trinajstić information content (AvgIpc) is 2.37. The van der Waals surface area contributed by atoms with E-state index in [2.05, 4.69) is 32.2 Å². The summed E-state index contributed by atoms with van der Waals surface area (Å²) < 4.78 is 5.43. The van der Waals surface area contributed by atoms with Crippen LogP contribution in [0.15, 0.2) is 12.1 Å². The Balaban J connectivity index is 2.46. The zero-order valence-electron chi connectivity index (χ0n) is 12.4. The van der Waals surface area contributed by atoms with Crippen molar-refractivity contribution in [1.82, 2.24) is 5.32 Å². The van der Waals surface area contributed by atoms with Crippen LogP contribution in [-0.2, 0) is 5.41 Å². The molecule has 3 nitrogen and oxygen atoms in total. The first-order chi connectivity index (χ1) is 8.93. The Morgan fingerprint density at radius 3 is 2.37 bits per heavy atom. The second kappa shape index (κ2) is 5.41. The highest BCUT2D eigenvalue weighted by Crippen LogP contribution is 2.41. The lowest BCUT2D eigenvalue weighted by Gasteiger charge is -2.28. The highest BCUT2D eigenvalue weighted by atomic mass is 16.5. The maximum atomic E-state index is 10.2. The smallest absolute Gasteiger partial charge is 0.163 e. The van der Waals surface area contributed by atoms with Crippen LogP contribution >= 0.6 is 0 Å². The van der Waals surface area contributed by atoms with Crippen LogP contribution in [0.25, 0.3) is 0 Å². The molecular formula is C16H25NO2. The normalized spacial score (nSPS) is 17.5. The topological polar surface area (TPSA) is 41.5 Å². The van der Waals surface area contributed by atoms with E-state index in [1.54, 1.807) is 7.11 Å². The number of aromatic hydroxyl groups is 1. The molecule has 0 aliphatic carbocycles. The first kappa shape index (κ1) is 14.2. The molecule has 2 rings (SSSR count). The zero-order valence-corrected chi connectivity index (χ0v) is 12.4. The summed E-state index contributed by atoms with van der Waals surface area (Å²) in [6.45, 7) is 8.57. The van der Waals surface area contributed by atoms with E-state index in [1.807, 2.05) is 6.07 Å². The molecule has 1 heterocycles. The van der Waals surface area contributed by atoms with E-state index >= 15 is 0 Å². The van der Waals surface area contributed by atoms with Gasteiger partial charge < -0.3 is 15.2 Å². The summed E-state index contributed by atoms with van der Waals surface area (Å²) in [5.74, 6) is 1.40. The van der Waals surface area contributed by atoms with Crippen LogP contribution in [0.1, 0.15) is 50.7 Å². The quantitative estimate of drug-likeness (QED) is 0.861. The van der Waals surface area contributed by atoms with Gasteiger partial charge in [-0.3, -0.25) is 0 Å². The van der Waals surface area contributed by atoms with E-state index in [0.29, 0.717) is 11.7 Å². The molecule has 0 amide bonds. The number of nitrogens with one attached hydrogen (secondary N) is 1. The summed E-state index contributed by atoms with van der Waals surface area (Å²) in [5, 5.41) is 13.6. The number of hydrogen-bond acceptors (Lipinski definition) is 3. The molecule has 0 atom stereocenters. The van der Waals surface area contributed by atoms with Gasteiger partial charge in [0.1, 0.15) is 0 Å². The molecular weight excluding hydrogens is 238 g/mol. The van der Waals surface area contributed by atoms with Gasteiger partial charge in [0.2, 0.25) is 0 Å². The lowest BCUT2D eigenvalue weighted by Crippen LogP contribution is -2.27. The van der Waals surface area contributed by atoms with Gasteiger partial charge >= 0.3 is 0 Å². The predicted molar refractivity (Wildman–Crippen MR) is 78.2 cm³/mol. The Labute approximate surface area is 116 Å². The zero-order chi connectivity index (χ0) is 14.0. The lowest BCUT2D eigenvalue weighted by molar-refractivity contribution is 0.357. The van der Waals surface area contributed by atoms with Crippen molar-refractivity contribution in [2.24, 2.45) is 0 Å². The fourth-order valence-electron chi connectivity index (χ4n) is 2.73. The standard InChI is InChI=1S/C16H25NO2/c1-16(2,3)12-9-13(11-5-7-17-8-6-11)15(19-4)14(18)10-12/h9-11,17-18H,5-8H2,1-4H3. The molecule has 19 heavy (non-hydrogen) atoms. The van der Waals surface area contributed by atoms with E-state index < -0.39 is 0 Å². The first-order valence-electron chi connectivity index (χ1n) is 7.05. The van der Waals surface area contributed by atoms with E-state index in [0.717, 1.165) is 31.5 Å². The molecule has 1 aromatic rings. The van der Waals surface area contributed by atoms with Crippen LogP contribution in [0.2, 0.25) is 0 Å². The van der Waals surface area contributed by atoms with Crippen molar-refractivity contribution in [2.75, 3.05) is 20.2 Å². The Hall–Kier alpha value is -1.22. The highest BCUT2D eigenvalue weighted by molar-refractivity contribution is 5.51.